The number of anilines is 2. The van der Waals surface area contributed by atoms with E-state index in [0.717, 1.165) is 0 Å². The fourth-order valence-corrected chi connectivity index (χ4v) is 3.69. The zero-order valence-electron chi connectivity index (χ0n) is 15.0. The molecule has 0 aliphatic heterocycles. The maximum absolute atomic E-state index is 12.7. The Balaban J connectivity index is 1.87. The molecule has 0 saturated heterocycles. The molecular weight excluding hydrogens is 376 g/mol. The van der Waals surface area contributed by atoms with Crippen molar-refractivity contribution in [1.29, 1.82) is 0 Å². The van der Waals surface area contributed by atoms with Crippen molar-refractivity contribution in [3.8, 4) is 0 Å². The number of benzene rings is 3. The molecule has 3 rings (SSSR count). The summed E-state index contributed by atoms with van der Waals surface area (Å²) in [5.41, 5.74) is 1.23. The minimum Gasteiger partial charge on any atom is -0.322 e. The van der Waals surface area contributed by atoms with Crippen LogP contribution >= 0.6 is 0 Å². The van der Waals surface area contributed by atoms with Crippen molar-refractivity contribution in [2.45, 2.75) is 11.8 Å². The van der Waals surface area contributed by atoms with Gasteiger partial charge in [0.2, 0.25) is 0 Å². The van der Waals surface area contributed by atoms with Gasteiger partial charge in [-0.05, 0) is 43.3 Å². The molecule has 0 fully saturated rings. The van der Waals surface area contributed by atoms with Crippen LogP contribution in [0.1, 0.15) is 27.6 Å². The lowest BCUT2D eigenvalue weighted by Gasteiger charge is -2.13. The monoisotopic (exact) mass is 394 g/mol. The molecule has 28 heavy (non-hydrogen) atoms. The minimum atomic E-state index is -3.83. The molecule has 3 aromatic rings. The average molecular weight is 394 g/mol. The van der Waals surface area contributed by atoms with Crippen LogP contribution in [0.15, 0.2) is 83.8 Å². The predicted molar refractivity (Wildman–Crippen MR) is 108 cm³/mol. The van der Waals surface area contributed by atoms with Gasteiger partial charge in [0.1, 0.15) is 0 Å². The van der Waals surface area contributed by atoms with Crippen molar-refractivity contribution in [2.24, 2.45) is 0 Å². The Labute approximate surface area is 163 Å². The smallest absolute Gasteiger partial charge is 0.261 e. The van der Waals surface area contributed by atoms with Crippen LogP contribution in [0, 0.1) is 0 Å². The molecule has 0 aliphatic carbocycles. The molecule has 2 N–H and O–H groups in total. The molecule has 1 amide bonds. The number of nitrogens with one attached hydrogen (secondary N) is 2. The summed E-state index contributed by atoms with van der Waals surface area (Å²) in [6, 6.07) is 20.7. The lowest BCUT2D eigenvalue weighted by atomic mass is 10.1. The van der Waals surface area contributed by atoms with E-state index in [1.54, 1.807) is 54.6 Å². The van der Waals surface area contributed by atoms with Crippen molar-refractivity contribution in [2.75, 3.05) is 10.0 Å². The van der Waals surface area contributed by atoms with Gasteiger partial charge in [-0.2, -0.15) is 0 Å². The molecule has 6 nitrogen and oxygen atoms in total. The number of Topliss-reactive ketones (excluding diaryl/α,β-unsaturated/α-hetero) is 1. The molecule has 0 atom stereocenters. The quantitative estimate of drug-likeness (QED) is 0.620. The molecule has 7 heteroatoms. The first-order valence-electron chi connectivity index (χ1n) is 8.46. The highest BCUT2D eigenvalue weighted by Gasteiger charge is 2.18. The first-order valence-corrected chi connectivity index (χ1v) is 9.94. The molecular formula is C21H18N2O4S. The summed E-state index contributed by atoms with van der Waals surface area (Å²) in [7, 11) is -3.83. The van der Waals surface area contributed by atoms with E-state index in [1.807, 2.05) is 0 Å². The number of amides is 1. The lowest BCUT2D eigenvalue weighted by molar-refractivity contribution is 0.101. The Hall–Kier alpha value is -3.45. The van der Waals surface area contributed by atoms with Gasteiger partial charge >= 0.3 is 0 Å². The van der Waals surface area contributed by atoms with E-state index < -0.39 is 15.9 Å². The highest BCUT2D eigenvalue weighted by Crippen LogP contribution is 2.21. The maximum Gasteiger partial charge on any atom is 0.261 e. The largest absolute Gasteiger partial charge is 0.322 e. The summed E-state index contributed by atoms with van der Waals surface area (Å²) in [5, 5.41) is 2.69. The van der Waals surface area contributed by atoms with Gasteiger partial charge in [-0.3, -0.25) is 14.3 Å². The van der Waals surface area contributed by atoms with Crippen LogP contribution < -0.4 is 10.0 Å². The second-order valence-electron chi connectivity index (χ2n) is 6.06. The van der Waals surface area contributed by atoms with Crippen molar-refractivity contribution in [3.05, 3.63) is 90.0 Å². The van der Waals surface area contributed by atoms with E-state index in [1.165, 1.54) is 31.2 Å². The number of hydrogen-bond donors (Lipinski definition) is 2. The van der Waals surface area contributed by atoms with Crippen LogP contribution in [0.4, 0.5) is 11.4 Å². The number of para-hydroxylation sites is 1. The third-order valence-corrected chi connectivity index (χ3v) is 5.38. The zero-order chi connectivity index (χ0) is 20.1. The third-order valence-electron chi connectivity index (χ3n) is 4.00. The van der Waals surface area contributed by atoms with E-state index in [2.05, 4.69) is 10.0 Å². The van der Waals surface area contributed by atoms with Crippen LogP contribution in [0.2, 0.25) is 0 Å². The van der Waals surface area contributed by atoms with Gasteiger partial charge < -0.3 is 5.32 Å². The minimum absolute atomic E-state index is 0.0966. The predicted octanol–water partition coefficient (Wildman–Crippen LogP) is 3.94. The van der Waals surface area contributed by atoms with Gasteiger partial charge in [0.15, 0.2) is 5.78 Å². The molecule has 0 spiro atoms. The summed E-state index contributed by atoms with van der Waals surface area (Å²) in [5.74, 6) is -0.612. The fraction of sp³-hybridized carbons (Fsp3) is 0.0476. The first-order chi connectivity index (χ1) is 13.4. The van der Waals surface area contributed by atoms with Crippen LogP contribution in [-0.4, -0.2) is 20.1 Å². The van der Waals surface area contributed by atoms with Crippen molar-refractivity contribution < 1.29 is 18.0 Å². The van der Waals surface area contributed by atoms with E-state index in [4.69, 9.17) is 0 Å². The van der Waals surface area contributed by atoms with Crippen LogP contribution in [0.5, 0.6) is 0 Å². The molecule has 0 aromatic heterocycles. The second-order valence-corrected chi connectivity index (χ2v) is 7.74. The standard InChI is InChI=1S/C21H18N2O4S/c1-15(24)16-8-7-9-17(14-16)22-21(25)19-12-5-6-13-20(19)23-28(26,27)18-10-3-2-4-11-18/h2-14,23H,1H3,(H,22,25). The first kappa shape index (κ1) is 19.3. The van der Waals surface area contributed by atoms with Crippen LogP contribution in [-0.2, 0) is 10.0 Å². The van der Waals surface area contributed by atoms with Crippen LogP contribution in [0.3, 0.4) is 0 Å². The SMILES string of the molecule is CC(=O)c1cccc(NC(=O)c2ccccc2NS(=O)(=O)c2ccccc2)c1. The number of carbonyl (C=O) groups excluding carboxylic acids is 2. The zero-order valence-corrected chi connectivity index (χ0v) is 15.9. The van der Waals surface area contributed by atoms with E-state index in [-0.39, 0.29) is 21.9 Å². The Bertz CT molecular complexity index is 1130. The van der Waals surface area contributed by atoms with Crippen molar-refractivity contribution >= 4 is 33.1 Å². The fourth-order valence-electron chi connectivity index (χ4n) is 2.59. The van der Waals surface area contributed by atoms with Gasteiger partial charge in [0, 0.05) is 11.3 Å². The van der Waals surface area contributed by atoms with Gasteiger partial charge in [-0.25, -0.2) is 8.42 Å². The van der Waals surface area contributed by atoms with E-state index in [0.29, 0.717) is 11.3 Å². The van der Waals surface area contributed by atoms with Gasteiger partial charge in [0.05, 0.1) is 16.1 Å². The number of ketones is 1. The van der Waals surface area contributed by atoms with E-state index >= 15 is 0 Å². The van der Waals surface area contributed by atoms with Crippen molar-refractivity contribution in [1.82, 2.24) is 0 Å². The molecule has 0 heterocycles. The van der Waals surface area contributed by atoms with Crippen LogP contribution in [0.25, 0.3) is 0 Å². The summed E-state index contributed by atoms with van der Waals surface area (Å²) in [6.45, 7) is 1.44. The Morgan fingerprint density at radius 1 is 0.821 bits per heavy atom. The second kappa shape index (κ2) is 8.06. The molecule has 3 aromatic carbocycles. The molecule has 0 unspecified atom stereocenters. The third kappa shape index (κ3) is 4.44. The van der Waals surface area contributed by atoms with Gasteiger partial charge in [-0.15, -0.1) is 0 Å². The summed E-state index contributed by atoms with van der Waals surface area (Å²) in [4.78, 5) is 24.3. The molecule has 0 radical (unpaired) electrons. The van der Waals surface area contributed by atoms with Gasteiger partial charge in [-0.1, -0.05) is 42.5 Å². The van der Waals surface area contributed by atoms with Crippen molar-refractivity contribution in [3.63, 3.8) is 0 Å². The summed E-state index contributed by atoms with van der Waals surface area (Å²) < 4.78 is 27.6. The Morgan fingerprint density at radius 2 is 1.50 bits per heavy atom. The number of hydrogen-bond acceptors (Lipinski definition) is 4. The number of carbonyl (C=O) groups is 2. The maximum atomic E-state index is 12.7. The molecule has 0 bridgehead atoms. The molecule has 142 valence electrons. The summed E-state index contributed by atoms with van der Waals surface area (Å²) >= 11 is 0. The molecule has 0 aliphatic rings. The van der Waals surface area contributed by atoms with Gasteiger partial charge in [0.25, 0.3) is 15.9 Å². The normalized spacial score (nSPS) is 10.9. The Kier molecular flexibility index (Phi) is 5.56. The lowest BCUT2D eigenvalue weighted by Crippen LogP contribution is -2.18. The highest BCUT2D eigenvalue weighted by molar-refractivity contribution is 7.92. The topological polar surface area (TPSA) is 92.3 Å². The van der Waals surface area contributed by atoms with E-state index in [9.17, 15) is 18.0 Å². The summed E-state index contributed by atoms with van der Waals surface area (Å²) in [6.07, 6.45) is 0. The molecule has 0 saturated carbocycles. The highest BCUT2D eigenvalue weighted by atomic mass is 32.2. The Morgan fingerprint density at radius 3 is 2.21 bits per heavy atom. The number of rotatable bonds is 6. The average Bonchev–Trinajstić information content (AvgIpc) is 2.69. The number of sulfonamides is 1.